The van der Waals surface area contributed by atoms with Crippen LogP contribution >= 0.6 is 35.3 Å². The van der Waals surface area contributed by atoms with Crippen molar-refractivity contribution in [3.05, 3.63) is 34.8 Å². The van der Waals surface area contributed by atoms with Crippen LogP contribution in [-0.2, 0) is 6.42 Å². The molecule has 0 bridgehead atoms. The highest BCUT2D eigenvalue weighted by Crippen LogP contribution is 2.27. The van der Waals surface area contributed by atoms with Crippen LogP contribution in [0.15, 0.2) is 29.1 Å². The van der Waals surface area contributed by atoms with E-state index in [1.165, 1.54) is 11.4 Å². The van der Waals surface area contributed by atoms with Crippen molar-refractivity contribution in [1.29, 1.82) is 0 Å². The van der Waals surface area contributed by atoms with Gasteiger partial charge in [-0.25, -0.2) is 9.97 Å². The van der Waals surface area contributed by atoms with Crippen molar-refractivity contribution in [2.24, 2.45) is 10.9 Å². The molecule has 1 aliphatic heterocycles. The number of hydrogen-bond acceptors (Lipinski definition) is 4. The first-order chi connectivity index (χ1) is 12.2. The maximum atomic E-state index is 4.53. The molecule has 0 aliphatic carbocycles. The molecule has 0 spiro atoms. The van der Waals surface area contributed by atoms with Crippen molar-refractivity contribution in [3.8, 4) is 0 Å². The Morgan fingerprint density at radius 1 is 1.46 bits per heavy atom. The van der Waals surface area contributed by atoms with Gasteiger partial charge in [0.25, 0.3) is 0 Å². The Balaban J connectivity index is 0.00000243. The van der Waals surface area contributed by atoms with Gasteiger partial charge in [-0.15, -0.1) is 35.3 Å². The van der Waals surface area contributed by atoms with E-state index in [-0.39, 0.29) is 24.0 Å². The second kappa shape index (κ2) is 10.2. The molecule has 144 valence electrons. The smallest absolute Gasteiger partial charge is 0.193 e. The van der Waals surface area contributed by atoms with Gasteiger partial charge in [-0.3, -0.25) is 4.99 Å². The van der Waals surface area contributed by atoms with E-state index >= 15 is 0 Å². The third-order valence-electron chi connectivity index (χ3n) is 4.85. The number of aromatic nitrogens is 3. The van der Waals surface area contributed by atoms with Crippen molar-refractivity contribution in [2.75, 3.05) is 26.7 Å². The first-order valence-electron chi connectivity index (χ1n) is 9.01. The maximum Gasteiger partial charge on any atom is 0.193 e. The van der Waals surface area contributed by atoms with Gasteiger partial charge in [0.05, 0.1) is 17.4 Å². The lowest BCUT2D eigenvalue weighted by atomic mass is 9.93. The van der Waals surface area contributed by atoms with Crippen molar-refractivity contribution >= 4 is 41.3 Å². The minimum atomic E-state index is 0. The average Bonchev–Trinajstić information content (AvgIpc) is 3.28. The summed E-state index contributed by atoms with van der Waals surface area (Å²) >= 11 is 1.75. The molecule has 6 nitrogen and oxygen atoms in total. The van der Waals surface area contributed by atoms with Crippen LogP contribution in [0.2, 0.25) is 0 Å². The van der Waals surface area contributed by atoms with E-state index in [0.717, 1.165) is 44.1 Å². The average molecular weight is 488 g/mol. The second-order valence-electron chi connectivity index (χ2n) is 6.75. The number of imidazole rings is 1. The molecule has 3 heterocycles. The van der Waals surface area contributed by atoms with Crippen molar-refractivity contribution < 1.29 is 0 Å². The summed E-state index contributed by atoms with van der Waals surface area (Å²) in [4.78, 5) is 15.6. The number of thiazole rings is 1. The largest absolute Gasteiger partial charge is 0.356 e. The molecule has 1 fully saturated rings. The Labute approximate surface area is 177 Å². The molecule has 1 N–H and O–H groups in total. The summed E-state index contributed by atoms with van der Waals surface area (Å²) in [5, 5.41) is 6.87. The molecule has 0 radical (unpaired) electrons. The Morgan fingerprint density at radius 3 is 2.96 bits per heavy atom. The maximum absolute atomic E-state index is 4.53. The summed E-state index contributed by atoms with van der Waals surface area (Å²) in [5.74, 6) is 1.66. The van der Waals surface area contributed by atoms with Crippen molar-refractivity contribution in [2.45, 2.75) is 39.2 Å². The van der Waals surface area contributed by atoms with E-state index in [9.17, 15) is 0 Å². The Morgan fingerprint density at radius 2 is 2.31 bits per heavy atom. The highest BCUT2D eigenvalue weighted by atomic mass is 127. The number of aliphatic imine (C=N–C) groups is 1. The molecule has 26 heavy (non-hydrogen) atoms. The van der Waals surface area contributed by atoms with Gasteiger partial charge in [0.15, 0.2) is 5.96 Å². The summed E-state index contributed by atoms with van der Waals surface area (Å²) < 4.78 is 2.23. The zero-order chi connectivity index (χ0) is 17.6. The SMILES string of the molecule is CN=C(NCCCc1nc(C)cs1)N1CCC(C)C(n2ccnc2)C1.I. The Hall–Kier alpha value is -1.16. The lowest BCUT2D eigenvalue weighted by molar-refractivity contribution is 0.189. The number of aryl methyl sites for hydroxylation is 2. The third-order valence-corrected chi connectivity index (χ3v) is 5.88. The van der Waals surface area contributed by atoms with Gasteiger partial charge in [-0.1, -0.05) is 6.92 Å². The number of halogens is 1. The molecule has 2 aromatic heterocycles. The molecule has 0 saturated carbocycles. The number of piperidine rings is 1. The first kappa shape index (κ1) is 21.1. The molecule has 1 saturated heterocycles. The molecule has 0 amide bonds. The second-order valence-corrected chi connectivity index (χ2v) is 7.69. The van der Waals surface area contributed by atoms with Crippen LogP contribution in [0.1, 0.15) is 36.5 Å². The molecule has 3 rings (SSSR count). The van der Waals surface area contributed by atoms with Gasteiger partial charge in [0.1, 0.15) is 0 Å². The molecule has 2 aromatic rings. The topological polar surface area (TPSA) is 58.3 Å². The lowest BCUT2D eigenvalue weighted by Gasteiger charge is -2.39. The van der Waals surface area contributed by atoms with Gasteiger partial charge in [0.2, 0.25) is 0 Å². The highest BCUT2D eigenvalue weighted by Gasteiger charge is 2.28. The van der Waals surface area contributed by atoms with Crippen LogP contribution in [0.3, 0.4) is 0 Å². The lowest BCUT2D eigenvalue weighted by Crippen LogP contribution is -2.49. The molecule has 8 heteroatoms. The minimum absolute atomic E-state index is 0. The molecule has 1 aliphatic rings. The monoisotopic (exact) mass is 488 g/mol. The van der Waals surface area contributed by atoms with E-state index < -0.39 is 0 Å². The number of guanidine groups is 1. The number of nitrogens with zero attached hydrogens (tertiary/aromatic N) is 5. The van der Waals surface area contributed by atoms with E-state index in [4.69, 9.17) is 0 Å². The number of likely N-dealkylation sites (tertiary alicyclic amines) is 1. The van der Waals surface area contributed by atoms with Gasteiger partial charge in [0, 0.05) is 56.6 Å². The Bertz CT molecular complexity index is 684. The highest BCUT2D eigenvalue weighted by molar-refractivity contribution is 14.0. The van der Waals surface area contributed by atoms with Crippen LogP contribution in [0, 0.1) is 12.8 Å². The number of rotatable bonds is 5. The van der Waals surface area contributed by atoms with E-state index in [0.29, 0.717) is 12.0 Å². The van der Waals surface area contributed by atoms with Crippen LogP contribution in [0.4, 0.5) is 0 Å². The summed E-state index contributed by atoms with van der Waals surface area (Å²) in [6.07, 6.45) is 9.12. The predicted molar refractivity (Wildman–Crippen MR) is 119 cm³/mol. The van der Waals surface area contributed by atoms with Crippen LogP contribution in [-0.4, -0.2) is 52.1 Å². The van der Waals surface area contributed by atoms with Crippen molar-refractivity contribution in [3.63, 3.8) is 0 Å². The quantitative estimate of drug-likeness (QED) is 0.304. The van der Waals surface area contributed by atoms with E-state index in [2.05, 4.69) is 48.2 Å². The van der Waals surface area contributed by atoms with Crippen LogP contribution < -0.4 is 5.32 Å². The summed E-state index contributed by atoms with van der Waals surface area (Å²) in [6, 6.07) is 0.452. The van der Waals surface area contributed by atoms with Gasteiger partial charge in [-0.05, 0) is 25.7 Å². The zero-order valence-corrected chi connectivity index (χ0v) is 18.9. The number of nitrogens with one attached hydrogen (secondary N) is 1. The number of hydrogen-bond donors (Lipinski definition) is 1. The van der Waals surface area contributed by atoms with E-state index in [1.54, 1.807) is 11.3 Å². The fourth-order valence-corrected chi connectivity index (χ4v) is 4.20. The Kier molecular flexibility index (Phi) is 8.33. The fraction of sp³-hybridized carbons (Fsp3) is 0.611. The fourth-order valence-electron chi connectivity index (χ4n) is 3.38. The minimum Gasteiger partial charge on any atom is -0.356 e. The molecule has 2 atom stereocenters. The normalized spacial score (nSPS) is 20.7. The van der Waals surface area contributed by atoms with Crippen molar-refractivity contribution in [1.82, 2.24) is 24.8 Å². The predicted octanol–water partition coefficient (Wildman–Crippen LogP) is 3.36. The molecular formula is C18H29IN6S. The molecule has 2 unspecified atom stereocenters. The van der Waals surface area contributed by atoms with Gasteiger partial charge < -0.3 is 14.8 Å². The third kappa shape index (κ3) is 5.42. The van der Waals surface area contributed by atoms with Crippen LogP contribution in [0.25, 0.3) is 0 Å². The van der Waals surface area contributed by atoms with E-state index in [1.807, 2.05) is 26.5 Å². The summed E-state index contributed by atoms with van der Waals surface area (Å²) in [7, 11) is 1.87. The zero-order valence-electron chi connectivity index (χ0n) is 15.8. The molecule has 0 aromatic carbocycles. The summed E-state index contributed by atoms with van der Waals surface area (Å²) in [6.45, 7) is 7.33. The first-order valence-corrected chi connectivity index (χ1v) is 9.89. The van der Waals surface area contributed by atoms with Gasteiger partial charge in [-0.2, -0.15) is 0 Å². The summed E-state index contributed by atoms with van der Waals surface area (Å²) in [5.41, 5.74) is 1.12. The molecular weight excluding hydrogens is 459 g/mol. The standard InChI is InChI=1S/C18H28N6S.HI/c1-14-6-9-23(11-16(14)24-10-8-20-13-24)18(19-3)21-7-4-5-17-22-15(2)12-25-17;/h8,10,12-14,16H,4-7,9,11H2,1-3H3,(H,19,21);1H. The van der Waals surface area contributed by atoms with Gasteiger partial charge >= 0.3 is 0 Å². The van der Waals surface area contributed by atoms with Crippen LogP contribution in [0.5, 0.6) is 0 Å².